The number of rotatable bonds is 2. The van der Waals surface area contributed by atoms with Gasteiger partial charge in [0.2, 0.25) is 0 Å². The summed E-state index contributed by atoms with van der Waals surface area (Å²) in [5.74, 6) is 0.610. The van der Waals surface area contributed by atoms with E-state index in [1.54, 1.807) is 0 Å². The van der Waals surface area contributed by atoms with Crippen molar-refractivity contribution < 1.29 is 5.11 Å². The van der Waals surface area contributed by atoms with Gasteiger partial charge in [0.1, 0.15) is 5.75 Å². The van der Waals surface area contributed by atoms with E-state index in [-0.39, 0.29) is 23.0 Å². The van der Waals surface area contributed by atoms with E-state index < -0.39 is 0 Å². The molecule has 0 heterocycles. The molecule has 18 heavy (non-hydrogen) atoms. The molecule has 0 aliphatic heterocycles. The van der Waals surface area contributed by atoms with Crippen LogP contribution in [0.2, 0.25) is 0 Å². The largest absolute Gasteiger partial charge is 0.507 e. The van der Waals surface area contributed by atoms with Crippen LogP contribution in [0.3, 0.4) is 0 Å². The zero-order chi connectivity index (χ0) is 13.4. The first-order valence-electron chi connectivity index (χ1n) is 6.40. The maximum Gasteiger partial charge on any atom is 0.188 e. The minimum absolute atomic E-state index is 0.0978. The van der Waals surface area contributed by atoms with E-state index in [1.807, 2.05) is 13.8 Å². The van der Waals surface area contributed by atoms with Gasteiger partial charge in [-0.1, -0.05) is 20.8 Å². The Morgan fingerprint density at radius 1 is 1.50 bits per heavy atom. The van der Waals surface area contributed by atoms with Gasteiger partial charge in [-0.3, -0.25) is 4.79 Å². The average molecular weight is 245 g/mol. The fourth-order valence-corrected chi connectivity index (χ4v) is 2.78. The number of aromatic hydroxyl groups is 1. The van der Waals surface area contributed by atoms with Gasteiger partial charge in [-0.05, 0) is 36.3 Å². The Balaban J connectivity index is 2.92. The van der Waals surface area contributed by atoms with E-state index in [4.69, 9.17) is 5.41 Å². The summed E-state index contributed by atoms with van der Waals surface area (Å²) >= 11 is 0. The van der Waals surface area contributed by atoms with Gasteiger partial charge in [0.15, 0.2) is 5.43 Å². The molecule has 1 aliphatic rings. The molecule has 0 fully saturated rings. The number of hydrogen-bond acceptors (Lipinski definition) is 3. The molecule has 0 aromatic heterocycles. The third-order valence-corrected chi connectivity index (χ3v) is 3.82. The predicted molar refractivity (Wildman–Crippen MR) is 73.1 cm³/mol. The summed E-state index contributed by atoms with van der Waals surface area (Å²) in [5, 5.41) is 17.9. The van der Waals surface area contributed by atoms with E-state index in [9.17, 15) is 9.90 Å². The van der Waals surface area contributed by atoms with Gasteiger partial charge in [0.25, 0.3) is 0 Å². The maximum absolute atomic E-state index is 12.1. The Morgan fingerprint density at radius 3 is 2.72 bits per heavy atom. The van der Waals surface area contributed by atoms with Crippen LogP contribution in [0, 0.1) is 5.41 Å². The quantitative estimate of drug-likeness (QED) is 0.787. The lowest BCUT2D eigenvalue weighted by atomic mass is 9.97. The Labute approximate surface area is 107 Å². The fraction of sp³-hybridized carbons (Fsp3) is 0.467. The highest BCUT2D eigenvalue weighted by molar-refractivity contribution is 5.81. The lowest BCUT2D eigenvalue weighted by molar-refractivity contribution is 0.455. The first kappa shape index (κ1) is 12.8. The predicted octanol–water partition coefficient (Wildman–Crippen LogP) is 2.92. The summed E-state index contributed by atoms with van der Waals surface area (Å²) < 4.78 is 0. The van der Waals surface area contributed by atoms with Crippen LogP contribution in [0.15, 0.2) is 10.9 Å². The Morgan fingerprint density at radius 2 is 2.17 bits per heavy atom. The molecule has 0 amide bonds. The van der Waals surface area contributed by atoms with Crippen LogP contribution in [-0.4, -0.2) is 11.3 Å². The molecule has 3 heteroatoms. The van der Waals surface area contributed by atoms with Crippen LogP contribution < -0.4 is 5.43 Å². The van der Waals surface area contributed by atoms with Crippen LogP contribution >= 0.6 is 0 Å². The molecule has 1 unspecified atom stereocenters. The van der Waals surface area contributed by atoms with Crippen molar-refractivity contribution in [1.29, 1.82) is 5.41 Å². The van der Waals surface area contributed by atoms with Crippen molar-refractivity contribution in [3.8, 4) is 5.75 Å². The van der Waals surface area contributed by atoms with Crippen molar-refractivity contribution in [2.75, 3.05) is 0 Å². The molecule has 0 bridgehead atoms. The molecule has 1 atom stereocenters. The Hall–Kier alpha value is -1.64. The highest BCUT2D eigenvalue weighted by atomic mass is 16.3. The molecule has 0 saturated heterocycles. The fourth-order valence-electron chi connectivity index (χ4n) is 2.78. The van der Waals surface area contributed by atoms with Crippen LogP contribution in [0.4, 0.5) is 0 Å². The van der Waals surface area contributed by atoms with Gasteiger partial charge in [0.05, 0.1) is 0 Å². The monoisotopic (exact) mass is 245 g/mol. The van der Waals surface area contributed by atoms with Gasteiger partial charge in [-0.25, -0.2) is 0 Å². The Bertz CT molecular complexity index is 561. The number of fused-ring (bicyclic) bond motifs is 1. The summed E-state index contributed by atoms with van der Waals surface area (Å²) in [6.07, 6.45) is 2.84. The van der Waals surface area contributed by atoms with Crippen molar-refractivity contribution in [3.63, 3.8) is 0 Å². The van der Waals surface area contributed by atoms with Crippen LogP contribution in [0.5, 0.6) is 5.75 Å². The molecule has 0 saturated carbocycles. The summed E-state index contributed by atoms with van der Waals surface area (Å²) in [6, 6.07) is 1.49. The minimum atomic E-state index is -0.153. The molecule has 2 rings (SSSR count). The van der Waals surface area contributed by atoms with E-state index in [0.717, 1.165) is 30.2 Å². The van der Waals surface area contributed by atoms with E-state index >= 15 is 0 Å². The molecule has 1 aromatic carbocycles. The molecular weight excluding hydrogens is 226 g/mol. The van der Waals surface area contributed by atoms with Crippen molar-refractivity contribution in [2.45, 2.75) is 45.4 Å². The maximum atomic E-state index is 12.1. The van der Waals surface area contributed by atoms with Gasteiger partial charge in [-0.2, -0.15) is 0 Å². The van der Waals surface area contributed by atoms with Crippen LogP contribution in [0.1, 0.15) is 61.3 Å². The normalized spacial score (nSPS) is 17.9. The van der Waals surface area contributed by atoms with Gasteiger partial charge in [0, 0.05) is 22.9 Å². The zero-order valence-corrected chi connectivity index (χ0v) is 11.1. The first-order chi connectivity index (χ1) is 8.47. The van der Waals surface area contributed by atoms with Gasteiger partial charge in [-0.15, -0.1) is 0 Å². The summed E-state index contributed by atoms with van der Waals surface area (Å²) in [5.41, 5.74) is 2.72. The second-order valence-corrected chi connectivity index (χ2v) is 5.36. The second-order valence-electron chi connectivity index (χ2n) is 5.36. The van der Waals surface area contributed by atoms with E-state index in [1.165, 1.54) is 6.07 Å². The standard InChI is InChI=1S/C15H19NO2/c1-8(2)11-6-13(17)12(7-16)10-5-4-9(3)14(10)15(11)18/h6-9,16,18H,4-5H2,1-3H3. The smallest absolute Gasteiger partial charge is 0.188 e. The molecule has 2 N–H and O–H groups in total. The van der Waals surface area contributed by atoms with Crippen LogP contribution in [0.25, 0.3) is 0 Å². The molecule has 1 aliphatic carbocycles. The summed E-state index contributed by atoms with van der Waals surface area (Å²) in [7, 11) is 0. The van der Waals surface area contributed by atoms with E-state index in [2.05, 4.69) is 6.92 Å². The minimum Gasteiger partial charge on any atom is -0.507 e. The molecule has 0 radical (unpaired) electrons. The van der Waals surface area contributed by atoms with E-state index in [0.29, 0.717) is 11.1 Å². The van der Waals surface area contributed by atoms with Crippen molar-refractivity contribution >= 4 is 6.21 Å². The molecule has 0 spiro atoms. The van der Waals surface area contributed by atoms with Crippen molar-refractivity contribution in [2.24, 2.45) is 0 Å². The van der Waals surface area contributed by atoms with Crippen LogP contribution in [-0.2, 0) is 6.42 Å². The molecular formula is C15H19NO2. The Kier molecular flexibility index (Phi) is 3.24. The highest BCUT2D eigenvalue weighted by Gasteiger charge is 2.26. The second kappa shape index (κ2) is 4.56. The van der Waals surface area contributed by atoms with Gasteiger partial charge >= 0.3 is 0 Å². The zero-order valence-electron chi connectivity index (χ0n) is 11.1. The molecule has 1 aromatic rings. The SMILES string of the molecule is CC(C)c1cc(=O)c(C=N)c2c(c1O)C(C)CC2. The highest BCUT2D eigenvalue weighted by Crippen LogP contribution is 2.41. The number of nitrogens with one attached hydrogen (secondary N) is 1. The average Bonchev–Trinajstić information content (AvgIpc) is 2.63. The number of hydrogen-bond donors (Lipinski definition) is 2. The topological polar surface area (TPSA) is 61.2 Å². The summed E-state index contributed by atoms with van der Waals surface area (Å²) in [6.45, 7) is 5.99. The molecule has 96 valence electrons. The third kappa shape index (κ3) is 1.84. The third-order valence-electron chi connectivity index (χ3n) is 3.82. The summed E-state index contributed by atoms with van der Waals surface area (Å²) in [4.78, 5) is 12.1. The lowest BCUT2D eigenvalue weighted by Gasteiger charge is -2.10. The lowest BCUT2D eigenvalue weighted by Crippen LogP contribution is -2.07. The van der Waals surface area contributed by atoms with Crippen molar-refractivity contribution in [1.82, 2.24) is 0 Å². The van der Waals surface area contributed by atoms with Gasteiger partial charge < -0.3 is 10.5 Å². The molecule has 3 nitrogen and oxygen atoms in total. The van der Waals surface area contributed by atoms with Crippen molar-refractivity contribution in [3.05, 3.63) is 38.5 Å². The first-order valence-corrected chi connectivity index (χ1v) is 6.40.